The average molecular weight is 411 g/mol. The maximum Gasteiger partial charge on any atom is 0.243 e. The Morgan fingerprint density at radius 2 is 1.61 bits per heavy atom. The summed E-state index contributed by atoms with van der Waals surface area (Å²) in [5, 5.41) is 0. The van der Waals surface area contributed by atoms with Crippen LogP contribution in [-0.4, -0.2) is 62.9 Å². The molecule has 1 aromatic rings. The molecule has 7 nitrogen and oxygen atoms in total. The third-order valence-electron chi connectivity index (χ3n) is 5.41. The van der Waals surface area contributed by atoms with Crippen LogP contribution in [0.25, 0.3) is 0 Å². The zero-order chi connectivity index (χ0) is 20.1. The van der Waals surface area contributed by atoms with E-state index < -0.39 is 10.0 Å². The molecule has 1 aliphatic heterocycles. The van der Waals surface area contributed by atoms with Crippen LogP contribution in [0.1, 0.15) is 39.5 Å². The first-order chi connectivity index (χ1) is 13.5. The van der Waals surface area contributed by atoms with Crippen LogP contribution in [-0.2, 0) is 14.8 Å². The number of piperazine rings is 1. The fourth-order valence-corrected chi connectivity index (χ4v) is 5.36. The fraction of sp³-hybridized carbons (Fsp3) is 0.650. The third kappa shape index (κ3) is 4.43. The summed E-state index contributed by atoms with van der Waals surface area (Å²) in [7, 11) is -3.64. The molecule has 1 amide bonds. The van der Waals surface area contributed by atoms with E-state index >= 15 is 0 Å². The molecule has 1 aromatic carbocycles. The average Bonchev–Trinajstić information content (AvgIpc) is 3.24. The molecule has 0 radical (unpaired) electrons. The van der Waals surface area contributed by atoms with Crippen molar-refractivity contribution in [2.75, 3.05) is 39.4 Å². The van der Waals surface area contributed by atoms with Crippen molar-refractivity contribution in [2.45, 2.75) is 44.4 Å². The molecule has 0 bridgehead atoms. The SMILES string of the molecule is CCOc1ccc(S(=O)(=O)N2CCN(C(=O)C3CCCC3)CC2)cc1OCC. The Morgan fingerprint density at radius 3 is 2.21 bits per heavy atom. The van der Waals surface area contributed by atoms with Gasteiger partial charge in [-0.05, 0) is 38.8 Å². The summed E-state index contributed by atoms with van der Waals surface area (Å²) in [4.78, 5) is 14.6. The summed E-state index contributed by atoms with van der Waals surface area (Å²) >= 11 is 0. The number of hydrogen-bond donors (Lipinski definition) is 0. The first kappa shape index (κ1) is 20.9. The summed E-state index contributed by atoms with van der Waals surface area (Å²) in [5.41, 5.74) is 0. The predicted molar refractivity (Wildman–Crippen MR) is 106 cm³/mol. The van der Waals surface area contributed by atoms with Gasteiger partial charge in [-0.3, -0.25) is 4.79 Å². The van der Waals surface area contributed by atoms with Crippen LogP contribution in [0.3, 0.4) is 0 Å². The topological polar surface area (TPSA) is 76.2 Å². The van der Waals surface area contributed by atoms with Crippen LogP contribution in [0.2, 0.25) is 0 Å². The van der Waals surface area contributed by atoms with Gasteiger partial charge in [0.1, 0.15) is 0 Å². The molecular weight excluding hydrogens is 380 g/mol. The number of hydrogen-bond acceptors (Lipinski definition) is 5. The lowest BCUT2D eigenvalue weighted by Crippen LogP contribution is -2.51. The molecule has 3 rings (SSSR count). The standard InChI is InChI=1S/C20H30N2O5S/c1-3-26-18-10-9-17(15-19(18)27-4-2)28(24,25)22-13-11-21(12-14-22)20(23)16-7-5-6-8-16/h9-10,15-16H,3-8,11-14H2,1-2H3. The van der Waals surface area contributed by atoms with E-state index in [9.17, 15) is 13.2 Å². The Morgan fingerprint density at radius 1 is 1.00 bits per heavy atom. The van der Waals surface area contributed by atoms with Gasteiger partial charge in [-0.1, -0.05) is 12.8 Å². The molecule has 0 atom stereocenters. The maximum absolute atomic E-state index is 13.1. The quantitative estimate of drug-likeness (QED) is 0.690. The van der Waals surface area contributed by atoms with E-state index in [0.29, 0.717) is 50.9 Å². The molecule has 0 N–H and O–H groups in total. The maximum atomic E-state index is 13.1. The minimum atomic E-state index is -3.64. The monoisotopic (exact) mass is 410 g/mol. The molecular formula is C20H30N2O5S. The van der Waals surface area contributed by atoms with Gasteiger partial charge in [-0.25, -0.2) is 8.42 Å². The van der Waals surface area contributed by atoms with Gasteiger partial charge >= 0.3 is 0 Å². The van der Waals surface area contributed by atoms with Gasteiger partial charge in [-0.2, -0.15) is 4.31 Å². The highest BCUT2D eigenvalue weighted by molar-refractivity contribution is 7.89. The first-order valence-electron chi connectivity index (χ1n) is 10.2. The van der Waals surface area contributed by atoms with Crippen molar-refractivity contribution in [1.29, 1.82) is 0 Å². The molecule has 0 aromatic heterocycles. The molecule has 2 aliphatic rings. The van der Waals surface area contributed by atoms with E-state index in [1.807, 2.05) is 18.7 Å². The van der Waals surface area contributed by atoms with Crippen molar-refractivity contribution in [3.05, 3.63) is 18.2 Å². The van der Waals surface area contributed by atoms with Gasteiger partial charge in [0, 0.05) is 38.2 Å². The summed E-state index contributed by atoms with van der Waals surface area (Å²) in [6.45, 7) is 6.14. The van der Waals surface area contributed by atoms with Crippen molar-refractivity contribution >= 4 is 15.9 Å². The van der Waals surface area contributed by atoms with E-state index in [4.69, 9.17) is 9.47 Å². The molecule has 1 saturated heterocycles. The number of nitrogens with zero attached hydrogens (tertiary/aromatic N) is 2. The summed E-state index contributed by atoms with van der Waals surface area (Å²) in [6.07, 6.45) is 4.16. The lowest BCUT2D eigenvalue weighted by molar-refractivity contribution is -0.136. The summed E-state index contributed by atoms with van der Waals surface area (Å²) in [5.74, 6) is 1.29. The Labute approximate surface area is 167 Å². The van der Waals surface area contributed by atoms with Crippen LogP contribution in [0.5, 0.6) is 11.5 Å². The Hall–Kier alpha value is -1.80. The highest BCUT2D eigenvalue weighted by Crippen LogP contribution is 2.32. The van der Waals surface area contributed by atoms with Gasteiger partial charge in [0.15, 0.2) is 11.5 Å². The van der Waals surface area contributed by atoms with Crippen LogP contribution >= 0.6 is 0 Å². The van der Waals surface area contributed by atoms with E-state index in [2.05, 4.69) is 0 Å². The predicted octanol–water partition coefficient (Wildman–Crippen LogP) is 2.51. The van der Waals surface area contributed by atoms with Crippen molar-refractivity contribution in [3.8, 4) is 11.5 Å². The normalized spacial score (nSPS) is 19.0. The minimum absolute atomic E-state index is 0.128. The molecule has 1 saturated carbocycles. The summed E-state index contributed by atoms with van der Waals surface area (Å²) < 4.78 is 38.7. The largest absolute Gasteiger partial charge is 0.490 e. The minimum Gasteiger partial charge on any atom is -0.490 e. The van der Waals surface area contributed by atoms with Crippen LogP contribution < -0.4 is 9.47 Å². The Bertz CT molecular complexity index is 782. The number of rotatable bonds is 7. The van der Waals surface area contributed by atoms with Gasteiger partial charge in [0.25, 0.3) is 0 Å². The fourth-order valence-electron chi connectivity index (χ4n) is 3.92. The highest BCUT2D eigenvalue weighted by atomic mass is 32.2. The van der Waals surface area contributed by atoms with Crippen molar-refractivity contribution in [2.24, 2.45) is 5.92 Å². The van der Waals surface area contributed by atoms with Crippen LogP contribution in [0, 0.1) is 5.92 Å². The summed E-state index contributed by atoms with van der Waals surface area (Å²) in [6, 6.07) is 4.72. The van der Waals surface area contributed by atoms with Gasteiger partial charge < -0.3 is 14.4 Å². The number of amides is 1. The lowest BCUT2D eigenvalue weighted by atomic mass is 10.1. The number of carbonyl (C=O) groups is 1. The number of benzene rings is 1. The van der Waals surface area contributed by atoms with Crippen molar-refractivity contribution < 1.29 is 22.7 Å². The molecule has 0 unspecified atom stereocenters. The smallest absolute Gasteiger partial charge is 0.243 e. The second-order valence-electron chi connectivity index (χ2n) is 7.19. The molecule has 28 heavy (non-hydrogen) atoms. The molecule has 1 heterocycles. The second-order valence-corrected chi connectivity index (χ2v) is 9.12. The molecule has 1 aliphatic carbocycles. The van der Waals surface area contributed by atoms with Crippen LogP contribution in [0.15, 0.2) is 23.1 Å². The molecule has 0 spiro atoms. The number of ether oxygens (including phenoxy) is 2. The zero-order valence-corrected chi connectivity index (χ0v) is 17.5. The Balaban J connectivity index is 1.69. The molecule has 8 heteroatoms. The molecule has 2 fully saturated rings. The first-order valence-corrected chi connectivity index (χ1v) is 11.6. The third-order valence-corrected chi connectivity index (χ3v) is 7.30. The van der Waals surface area contributed by atoms with Crippen molar-refractivity contribution in [1.82, 2.24) is 9.21 Å². The zero-order valence-electron chi connectivity index (χ0n) is 16.7. The second kappa shape index (κ2) is 9.13. The number of carbonyl (C=O) groups excluding carboxylic acids is 1. The van der Waals surface area contributed by atoms with E-state index in [-0.39, 0.29) is 16.7 Å². The van der Waals surface area contributed by atoms with E-state index in [1.165, 1.54) is 10.4 Å². The van der Waals surface area contributed by atoms with Gasteiger partial charge in [0.2, 0.25) is 15.9 Å². The molecule has 156 valence electrons. The van der Waals surface area contributed by atoms with Gasteiger partial charge in [-0.15, -0.1) is 0 Å². The lowest BCUT2D eigenvalue weighted by Gasteiger charge is -2.35. The Kier molecular flexibility index (Phi) is 6.82. The van der Waals surface area contributed by atoms with E-state index in [0.717, 1.165) is 25.7 Å². The van der Waals surface area contributed by atoms with Gasteiger partial charge in [0.05, 0.1) is 18.1 Å². The number of sulfonamides is 1. The highest BCUT2D eigenvalue weighted by Gasteiger charge is 2.33. The van der Waals surface area contributed by atoms with Crippen LogP contribution in [0.4, 0.5) is 0 Å². The van der Waals surface area contributed by atoms with E-state index in [1.54, 1.807) is 12.1 Å². The van der Waals surface area contributed by atoms with Crippen molar-refractivity contribution in [3.63, 3.8) is 0 Å².